The van der Waals surface area contributed by atoms with Crippen molar-refractivity contribution >= 4 is 45.8 Å². The van der Waals surface area contributed by atoms with Gasteiger partial charge in [0.05, 0.1) is 30.9 Å². The number of hydrogen-bond donors (Lipinski definition) is 1. The molecule has 98 valence electrons. The van der Waals surface area contributed by atoms with E-state index in [0.717, 1.165) is 22.3 Å². The normalized spacial score (nSPS) is 11.2. The molecular weight excluding hydrogens is 363 g/mol. The summed E-state index contributed by atoms with van der Waals surface area (Å²) < 4.78 is 14.4. The van der Waals surface area contributed by atoms with Crippen LogP contribution in [0.4, 0.5) is 0 Å². The van der Waals surface area contributed by atoms with Crippen LogP contribution in [0.2, 0.25) is 0 Å². The van der Waals surface area contributed by atoms with Gasteiger partial charge in [0.1, 0.15) is 0 Å². The molecule has 0 aliphatic carbocycles. The Morgan fingerprint density at radius 3 is 2.94 bits per heavy atom. The molecule has 1 N–H and O–H groups in total. The highest BCUT2D eigenvalue weighted by Gasteiger charge is 2.04. The van der Waals surface area contributed by atoms with Crippen molar-refractivity contribution in [1.29, 1.82) is 0 Å². The van der Waals surface area contributed by atoms with Crippen LogP contribution >= 0.6 is 34.8 Å². The Bertz CT molecular complexity index is 579. The summed E-state index contributed by atoms with van der Waals surface area (Å²) in [6.45, 7) is 2.63. The molecule has 0 unspecified atom stereocenters. The van der Waals surface area contributed by atoms with Gasteiger partial charge in [0, 0.05) is 17.2 Å². The van der Waals surface area contributed by atoms with Gasteiger partial charge in [-0.3, -0.25) is 0 Å². The zero-order valence-corrected chi connectivity index (χ0v) is 13.1. The minimum absolute atomic E-state index is 0.615. The fourth-order valence-corrected chi connectivity index (χ4v) is 2.55. The number of benzene rings is 1. The van der Waals surface area contributed by atoms with E-state index in [4.69, 9.17) is 21.7 Å². The number of nitrogens with one attached hydrogen (secondary N) is 1. The Morgan fingerprint density at radius 1 is 1.33 bits per heavy atom. The van der Waals surface area contributed by atoms with Crippen LogP contribution in [0, 0.1) is 8.34 Å². The molecule has 0 bridgehead atoms. The van der Waals surface area contributed by atoms with Crippen LogP contribution in [0.15, 0.2) is 18.2 Å². The van der Waals surface area contributed by atoms with Gasteiger partial charge in [-0.05, 0) is 53.0 Å². The first kappa shape index (κ1) is 14.0. The smallest absolute Gasteiger partial charge is 0.178 e. The molecule has 1 aromatic heterocycles. The van der Waals surface area contributed by atoms with E-state index in [9.17, 15) is 0 Å². The third-order valence-electron chi connectivity index (χ3n) is 2.63. The van der Waals surface area contributed by atoms with E-state index < -0.39 is 0 Å². The molecule has 0 fully saturated rings. The maximum atomic E-state index is 5.47. The van der Waals surface area contributed by atoms with Gasteiger partial charge in [-0.15, -0.1) is 0 Å². The van der Waals surface area contributed by atoms with Crippen molar-refractivity contribution in [1.82, 2.24) is 9.55 Å². The number of halogens is 1. The summed E-state index contributed by atoms with van der Waals surface area (Å²) in [6.07, 6.45) is 0. The molecule has 1 aromatic carbocycles. The number of aromatic nitrogens is 2. The van der Waals surface area contributed by atoms with Crippen LogP contribution in [0.25, 0.3) is 11.0 Å². The van der Waals surface area contributed by atoms with E-state index >= 15 is 0 Å². The second kappa shape index (κ2) is 6.65. The van der Waals surface area contributed by atoms with E-state index in [1.807, 2.05) is 0 Å². The molecule has 2 rings (SSSR count). The lowest BCUT2D eigenvalue weighted by Crippen LogP contribution is -2.09. The summed E-state index contributed by atoms with van der Waals surface area (Å²) in [5, 5.41) is 0. The number of H-pyrrole nitrogens is 1. The zero-order valence-electron chi connectivity index (χ0n) is 10.1. The van der Waals surface area contributed by atoms with Crippen LogP contribution in [0.5, 0.6) is 0 Å². The van der Waals surface area contributed by atoms with Crippen molar-refractivity contribution < 1.29 is 9.47 Å². The Hall–Kier alpha value is -0.440. The van der Waals surface area contributed by atoms with Crippen LogP contribution in [-0.2, 0) is 16.0 Å². The van der Waals surface area contributed by atoms with Crippen molar-refractivity contribution in [3.05, 3.63) is 26.5 Å². The second-order valence-corrected chi connectivity index (χ2v) is 5.48. The van der Waals surface area contributed by atoms with Gasteiger partial charge in [-0.2, -0.15) is 0 Å². The number of aromatic amines is 1. The molecule has 0 amide bonds. The molecule has 18 heavy (non-hydrogen) atoms. The van der Waals surface area contributed by atoms with E-state index in [0.29, 0.717) is 19.8 Å². The summed E-state index contributed by atoms with van der Waals surface area (Å²) in [6, 6.07) is 6.25. The monoisotopic (exact) mass is 378 g/mol. The second-order valence-electron chi connectivity index (χ2n) is 3.85. The van der Waals surface area contributed by atoms with E-state index in [2.05, 4.69) is 50.3 Å². The minimum Gasteiger partial charge on any atom is -0.382 e. The maximum absolute atomic E-state index is 5.47. The van der Waals surface area contributed by atoms with Crippen molar-refractivity contribution in [2.75, 3.05) is 26.9 Å². The number of hydrogen-bond acceptors (Lipinski definition) is 3. The summed E-state index contributed by atoms with van der Waals surface area (Å²) in [7, 11) is 1.67. The SMILES string of the molecule is COCCOCCn1c(=S)[nH]c2cc(I)ccc21. The largest absolute Gasteiger partial charge is 0.382 e. The zero-order chi connectivity index (χ0) is 13.0. The van der Waals surface area contributed by atoms with Crippen LogP contribution < -0.4 is 0 Å². The van der Waals surface area contributed by atoms with E-state index in [-0.39, 0.29) is 0 Å². The van der Waals surface area contributed by atoms with Crippen molar-refractivity contribution in [3.63, 3.8) is 0 Å². The summed E-state index contributed by atoms with van der Waals surface area (Å²) in [5.74, 6) is 0. The molecule has 2 aromatic rings. The van der Waals surface area contributed by atoms with Gasteiger partial charge in [-0.1, -0.05) is 0 Å². The third kappa shape index (κ3) is 3.31. The molecule has 0 radical (unpaired) electrons. The highest BCUT2D eigenvalue weighted by molar-refractivity contribution is 14.1. The lowest BCUT2D eigenvalue weighted by molar-refractivity contribution is 0.0668. The summed E-state index contributed by atoms with van der Waals surface area (Å²) in [5.41, 5.74) is 2.19. The predicted molar refractivity (Wildman–Crippen MR) is 82.5 cm³/mol. The average Bonchev–Trinajstić information content (AvgIpc) is 2.64. The number of imidazole rings is 1. The fraction of sp³-hybridized carbons (Fsp3) is 0.417. The molecule has 1 heterocycles. The standard InChI is InChI=1S/C12H15IN2O2S/c1-16-6-7-17-5-4-15-11-3-2-9(13)8-10(11)14-12(15)18/h2-3,8H,4-7H2,1H3,(H,14,18). The van der Waals surface area contributed by atoms with Gasteiger partial charge in [0.2, 0.25) is 0 Å². The quantitative estimate of drug-likeness (QED) is 0.477. The first-order valence-corrected chi connectivity index (χ1v) is 7.16. The fourth-order valence-electron chi connectivity index (χ4n) is 1.76. The van der Waals surface area contributed by atoms with Gasteiger partial charge >= 0.3 is 0 Å². The van der Waals surface area contributed by atoms with Gasteiger partial charge in [-0.25, -0.2) is 0 Å². The molecule has 4 nitrogen and oxygen atoms in total. The summed E-state index contributed by atoms with van der Waals surface area (Å²) in [4.78, 5) is 3.21. The van der Waals surface area contributed by atoms with Crippen LogP contribution in [-0.4, -0.2) is 36.5 Å². The summed E-state index contributed by atoms with van der Waals surface area (Å²) >= 11 is 7.61. The molecule has 0 atom stereocenters. The van der Waals surface area contributed by atoms with Crippen LogP contribution in [0.1, 0.15) is 0 Å². The Balaban J connectivity index is 2.08. The Kier molecular flexibility index (Phi) is 5.16. The lowest BCUT2D eigenvalue weighted by atomic mass is 10.3. The number of fused-ring (bicyclic) bond motifs is 1. The molecule has 0 aliphatic rings. The molecule has 0 saturated heterocycles. The van der Waals surface area contributed by atoms with Crippen LogP contribution in [0.3, 0.4) is 0 Å². The Labute approximate surface area is 124 Å². The predicted octanol–water partition coefficient (Wildman–Crippen LogP) is 2.97. The van der Waals surface area contributed by atoms with E-state index in [1.165, 1.54) is 3.57 Å². The van der Waals surface area contributed by atoms with Gasteiger partial charge in [0.15, 0.2) is 4.77 Å². The molecule has 6 heteroatoms. The molecule has 0 spiro atoms. The van der Waals surface area contributed by atoms with Crippen molar-refractivity contribution in [2.24, 2.45) is 0 Å². The minimum atomic E-state index is 0.615. The highest BCUT2D eigenvalue weighted by Crippen LogP contribution is 2.17. The first-order chi connectivity index (χ1) is 8.72. The molecule has 0 aliphatic heterocycles. The maximum Gasteiger partial charge on any atom is 0.178 e. The number of ether oxygens (including phenoxy) is 2. The average molecular weight is 378 g/mol. The highest BCUT2D eigenvalue weighted by atomic mass is 127. The number of nitrogens with zero attached hydrogens (tertiary/aromatic N) is 1. The molecular formula is C12H15IN2O2S. The lowest BCUT2D eigenvalue weighted by Gasteiger charge is -2.06. The third-order valence-corrected chi connectivity index (χ3v) is 3.62. The van der Waals surface area contributed by atoms with E-state index in [1.54, 1.807) is 7.11 Å². The number of methoxy groups -OCH3 is 1. The number of rotatable bonds is 6. The molecule has 0 saturated carbocycles. The van der Waals surface area contributed by atoms with Gasteiger partial charge < -0.3 is 19.0 Å². The topological polar surface area (TPSA) is 39.2 Å². The first-order valence-electron chi connectivity index (χ1n) is 5.67. The van der Waals surface area contributed by atoms with Crippen molar-refractivity contribution in [3.8, 4) is 0 Å². The Morgan fingerprint density at radius 2 is 2.17 bits per heavy atom. The van der Waals surface area contributed by atoms with Gasteiger partial charge in [0.25, 0.3) is 0 Å². The van der Waals surface area contributed by atoms with Crippen molar-refractivity contribution in [2.45, 2.75) is 6.54 Å².